The Morgan fingerprint density at radius 2 is 2.17 bits per heavy atom. The van der Waals surface area contributed by atoms with Gasteiger partial charge in [0.15, 0.2) is 0 Å². The molecule has 1 aliphatic heterocycles. The number of rotatable bonds is 4. The van der Waals surface area contributed by atoms with Crippen LogP contribution in [0.1, 0.15) is 6.92 Å². The van der Waals surface area contributed by atoms with E-state index in [0.29, 0.717) is 19.7 Å². The quantitative estimate of drug-likeness (QED) is 0.857. The molecule has 5 heteroatoms. The van der Waals surface area contributed by atoms with E-state index in [2.05, 4.69) is 0 Å². The Labute approximate surface area is 106 Å². The minimum absolute atomic E-state index is 0.0381. The summed E-state index contributed by atoms with van der Waals surface area (Å²) in [5.74, 6) is 0.765. The number of anilines is 1. The van der Waals surface area contributed by atoms with Crippen LogP contribution in [0.3, 0.4) is 0 Å². The third-order valence-electron chi connectivity index (χ3n) is 2.85. The predicted molar refractivity (Wildman–Crippen MR) is 68.8 cm³/mol. The first kappa shape index (κ1) is 12.9. The molecular formula is C13H18N2O3. The van der Waals surface area contributed by atoms with Gasteiger partial charge in [0.25, 0.3) is 5.91 Å². The molecule has 1 amide bonds. The highest BCUT2D eigenvalue weighted by molar-refractivity contribution is 5.95. The normalized spacial score (nSPS) is 20.0. The number of hydrogen-bond acceptors (Lipinski definition) is 4. The summed E-state index contributed by atoms with van der Waals surface area (Å²) in [5.41, 5.74) is 6.42. The Hall–Kier alpha value is -1.59. The van der Waals surface area contributed by atoms with Gasteiger partial charge in [-0.1, -0.05) is 0 Å². The summed E-state index contributed by atoms with van der Waals surface area (Å²) < 4.78 is 10.7. The second-order valence-corrected chi connectivity index (χ2v) is 4.10. The van der Waals surface area contributed by atoms with E-state index in [1.165, 1.54) is 0 Å². The van der Waals surface area contributed by atoms with Crippen molar-refractivity contribution >= 4 is 11.6 Å². The first-order chi connectivity index (χ1) is 8.74. The maximum absolute atomic E-state index is 11.8. The molecule has 0 aliphatic carbocycles. The van der Waals surface area contributed by atoms with Crippen molar-refractivity contribution in [3.8, 4) is 5.75 Å². The molecule has 1 aliphatic rings. The van der Waals surface area contributed by atoms with Gasteiger partial charge in [0.2, 0.25) is 0 Å². The summed E-state index contributed by atoms with van der Waals surface area (Å²) >= 11 is 0. The lowest BCUT2D eigenvalue weighted by Gasteiger charge is -2.32. The molecule has 1 aromatic rings. The largest absolute Gasteiger partial charge is 0.494 e. The number of carbonyl (C=O) groups is 1. The van der Waals surface area contributed by atoms with E-state index in [4.69, 9.17) is 15.2 Å². The number of morpholine rings is 1. The molecule has 1 aromatic carbocycles. The Balaban J connectivity index is 2.11. The van der Waals surface area contributed by atoms with Crippen LogP contribution in [0.5, 0.6) is 5.75 Å². The molecular weight excluding hydrogens is 232 g/mol. The lowest BCUT2D eigenvalue weighted by molar-refractivity contribution is -0.128. The van der Waals surface area contributed by atoms with Crippen LogP contribution >= 0.6 is 0 Å². The zero-order valence-electron chi connectivity index (χ0n) is 10.5. The third kappa shape index (κ3) is 2.80. The minimum atomic E-state index is -0.0886. The number of carbonyl (C=O) groups excluding carboxylic acids is 1. The topological polar surface area (TPSA) is 64.8 Å². The minimum Gasteiger partial charge on any atom is -0.494 e. The summed E-state index contributed by atoms with van der Waals surface area (Å²) in [7, 11) is 0. The van der Waals surface area contributed by atoms with Gasteiger partial charge < -0.3 is 20.1 Å². The molecule has 1 unspecified atom stereocenters. The van der Waals surface area contributed by atoms with Gasteiger partial charge in [0.05, 0.1) is 19.3 Å². The van der Waals surface area contributed by atoms with Gasteiger partial charge >= 0.3 is 0 Å². The van der Waals surface area contributed by atoms with Crippen LogP contribution in [0, 0.1) is 0 Å². The van der Waals surface area contributed by atoms with Crippen LogP contribution in [0.2, 0.25) is 0 Å². The molecule has 2 rings (SSSR count). The summed E-state index contributed by atoms with van der Waals surface area (Å²) in [6, 6.07) is 7.47. The molecule has 0 saturated carbocycles. The highest BCUT2D eigenvalue weighted by Crippen LogP contribution is 2.22. The maximum Gasteiger partial charge on any atom is 0.253 e. The molecule has 1 heterocycles. The van der Waals surface area contributed by atoms with E-state index in [1.54, 1.807) is 4.90 Å². The lowest BCUT2D eigenvalue weighted by atomic mass is 10.2. The fourth-order valence-electron chi connectivity index (χ4n) is 1.91. The van der Waals surface area contributed by atoms with Crippen LogP contribution in [0.25, 0.3) is 0 Å². The van der Waals surface area contributed by atoms with Gasteiger partial charge in [-0.15, -0.1) is 0 Å². The average Bonchev–Trinajstić information content (AvgIpc) is 2.41. The maximum atomic E-state index is 11.8. The molecule has 1 atom stereocenters. The monoisotopic (exact) mass is 250 g/mol. The van der Waals surface area contributed by atoms with Crippen LogP contribution < -0.4 is 15.4 Å². The average molecular weight is 250 g/mol. The van der Waals surface area contributed by atoms with E-state index in [1.807, 2.05) is 31.2 Å². The highest BCUT2D eigenvalue weighted by atomic mass is 16.5. The molecule has 0 aromatic heterocycles. The molecule has 0 radical (unpaired) electrons. The Kier molecular flexibility index (Phi) is 4.17. The number of benzene rings is 1. The van der Waals surface area contributed by atoms with Gasteiger partial charge in [-0.05, 0) is 31.2 Å². The Bertz CT molecular complexity index is 405. The van der Waals surface area contributed by atoms with Gasteiger partial charge in [0.1, 0.15) is 12.4 Å². The van der Waals surface area contributed by atoms with Crippen molar-refractivity contribution in [2.75, 3.05) is 31.2 Å². The van der Waals surface area contributed by atoms with Crippen molar-refractivity contribution in [2.24, 2.45) is 5.73 Å². The molecule has 2 N–H and O–H groups in total. The van der Waals surface area contributed by atoms with Gasteiger partial charge in [-0.25, -0.2) is 0 Å². The van der Waals surface area contributed by atoms with Crippen molar-refractivity contribution in [3.63, 3.8) is 0 Å². The molecule has 98 valence electrons. The highest BCUT2D eigenvalue weighted by Gasteiger charge is 2.26. The van der Waals surface area contributed by atoms with Crippen molar-refractivity contribution in [1.82, 2.24) is 0 Å². The van der Waals surface area contributed by atoms with E-state index >= 15 is 0 Å². The number of nitrogens with two attached hydrogens (primary N) is 1. The van der Waals surface area contributed by atoms with Crippen molar-refractivity contribution in [2.45, 2.75) is 13.0 Å². The standard InChI is InChI=1S/C13H18N2O3/c1-2-17-11-5-3-10(4-6-11)15-8-12(7-14)18-9-13(15)16/h3-6,12H,2,7-9,14H2,1H3. The van der Waals surface area contributed by atoms with Crippen LogP contribution in [0.4, 0.5) is 5.69 Å². The second-order valence-electron chi connectivity index (χ2n) is 4.10. The van der Waals surface area contributed by atoms with Crippen molar-refractivity contribution in [1.29, 1.82) is 0 Å². The summed E-state index contributed by atoms with van der Waals surface area (Å²) in [6.45, 7) is 3.58. The Morgan fingerprint density at radius 3 is 2.78 bits per heavy atom. The molecule has 0 bridgehead atoms. The molecule has 1 fully saturated rings. The van der Waals surface area contributed by atoms with Crippen molar-refractivity contribution < 1.29 is 14.3 Å². The van der Waals surface area contributed by atoms with Crippen LogP contribution in [0.15, 0.2) is 24.3 Å². The van der Waals surface area contributed by atoms with E-state index < -0.39 is 0 Å². The van der Waals surface area contributed by atoms with Crippen LogP contribution in [-0.4, -0.2) is 38.3 Å². The fraction of sp³-hybridized carbons (Fsp3) is 0.462. The smallest absolute Gasteiger partial charge is 0.253 e. The van der Waals surface area contributed by atoms with Gasteiger partial charge in [0, 0.05) is 12.2 Å². The molecule has 18 heavy (non-hydrogen) atoms. The summed E-state index contributed by atoms with van der Waals surface area (Å²) in [6.07, 6.45) is -0.0886. The lowest BCUT2D eigenvalue weighted by Crippen LogP contribution is -2.49. The van der Waals surface area contributed by atoms with E-state index in [-0.39, 0.29) is 18.6 Å². The summed E-state index contributed by atoms with van der Waals surface area (Å²) in [5, 5.41) is 0. The van der Waals surface area contributed by atoms with Crippen molar-refractivity contribution in [3.05, 3.63) is 24.3 Å². The van der Waals surface area contributed by atoms with E-state index in [0.717, 1.165) is 11.4 Å². The number of nitrogens with zero attached hydrogens (tertiary/aromatic N) is 1. The predicted octanol–water partition coefficient (Wildman–Crippen LogP) is 0.776. The second kappa shape index (κ2) is 5.84. The molecule has 0 spiro atoms. The SMILES string of the molecule is CCOc1ccc(N2CC(CN)OCC2=O)cc1. The fourth-order valence-corrected chi connectivity index (χ4v) is 1.91. The number of ether oxygens (including phenoxy) is 2. The summed E-state index contributed by atoms with van der Waals surface area (Å²) in [4.78, 5) is 13.5. The zero-order valence-corrected chi connectivity index (χ0v) is 10.5. The first-order valence-corrected chi connectivity index (χ1v) is 6.09. The number of hydrogen-bond donors (Lipinski definition) is 1. The Morgan fingerprint density at radius 1 is 1.44 bits per heavy atom. The first-order valence-electron chi connectivity index (χ1n) is 6.09. The third-order valence-corrected chi connectivity index (χ3v) is 2.85. The zero-order chi connectivity index (χ0) is 13.0. The van der Waals surface area contributed by atoms with Crippen LogP contribution in [-0.2, 0) is 9.53 Å². The van der Waals surface area contributed by atoms with Gasteiger partial charge in [-0.3, -0.25) is 4.79 Å². The molecule has 5 nitrogen and oxygen atoms in total. The van der Waals surface area contributed by atoms with E-state index in [9.17, 15) is 4.79 Å². The number of amides is 1. The van der Waals surface area contributed by atoms with Gasteiger partial charge in [-0.2, -0.15) is 0 Å². The molecule has 1 saturated heterocycles.